The first-order chi connectivity index (χ1) is 13.8. The van der Waals surface area contributed by atoms with Crippen molar-refractivity contribution in [2.45, 2.75) is 78.1 Å². The number of carbonyl (C=O) groups is 6. The van der Waals surface area contributed by atoms with Gasteiger partial charge in [-0.05, 0) is 0 Å². The number of rotatable bonds is 6. The number of hydrogen-bond donors (Lipinski definition) is 1. The molecule has 1 N–H and O–H groups in total. The van der Waals surface area contributed by atoms with Gasteiger partial charge >= 0.3 is 29.8 Å². The highest BCUT2D eigenvalue weighted by molar-refractivity contribution is 5.74. The lowest BCUT2D eigenvalue weighted by atomic mass is 9.82. The van der Waals surface area contributed by atoms with Crippen LogP contribution in [0.3, 0.4) is 0 Å². The van der Waals surface area contributed by atoms with Crippen LogP contribution < -0.4 is 5.32 Å². The van der Waals surface area contributed by atoms with Gasteiger partial charge in [-0.3, -0.25) is 28.8 Å². The van der Waals surface area contributed by atoms with Crippen molar-refractivity contribution in [2.24, 2.45) is 0 Å². The summed E-state index contributed by atoms with van der Waals surface area (Å²) in [4.78, 5) is 70.3. The second-order valence-electron chi connectivity index (χ2n) is 6.60. The molecule has 0 aromatic rings. The topological polar surface area (TPSA) is 161 Å². The summed E-state index contributed by atoms with van der Waals surface area (Å²) in [7, 11) is 0. The highest BCUT2D eigenvalue weighted by atomic mass is 16.6. The number of ether oxygens (including phenoxy) is 5. The molecule has 1 fully saturated rings. The van der Waals surface area contributed by atoms with Gasteiger partial charge in [-0.2, -0.15) is 0 Å². The van der Waals surface area contributed by atoms with E-state index in [-0.39, 0.29) is 0 Å². The Morgan fingerprint density at radius 2 is 0.700 bits per heavy atom. The Hall–Kier alpha value is -3.18. The fourth-order valence-corrected chi connectivity index (χ4v) is 3.20. The first-order valence-corrected chi connectivity index (χ1v) is 8.96. The number of amides is 1. The molecule has 168 valence electrons. The summed E-state index contributed by atoms with van der Waals surface area (Å²) in [5.74, 6) is -4.74. The molecule has 30 heavy (non-hydrogen) atoms. The molecule has 0 spiro atoms. The molecule has 0 radical (unpaired) electrons. The third-order valence-corrected chi connectivity index (χ3v) is 3.88. The molecule has 12 heteroatoms. The van der Waals surface area contributed by atoms with Gasteiger partial charge in [0.15, 0.2) is 30.5 Å². The molecule has 0 unspecified atom stereocenters. The predicted octanol–water partition coefficient (Wildman–Crippen LogP) is -0.837. The molecule has 12 nitrogen and oxygen atoms in total. The van der Waals surface area contributed by atoms with Crippen molar-refractivity contribution in [1.29, 1.82) is 0 Å². The van der Waals surface area contributed by atoms with Crippen LogP contribution in [0.25, 0.3) is 0 Å². The molecule has 1 aliphatic rings. The van der Waals surface area contributed by atoms with Crippen LogP contribution in [0.1, 0.15) is 41.5 Å². The molecular formula is C18H25NO11. The molecule has 0 aromatic carbocycles. The van der Waals surface area contributed by atoms with Gasteiger partial charge in [-0.1, -0.05) is 0 Å². The van der Waals surface area contributed by atoms with Gasteiger partial charge in [-0.25, -0.2) is 0 Å². The van der Waals surface area contributed by atoms with Gasteiger partial charge in [0.05, 0.1) is 0 Å². The lowest BCUT2D eigenvalue weighted by molar-refractivity contribution is -0.237. The molecule has 1 aliphatic carbocycles. The molecule has 0 aromatic heterocycles. The van der Waals surface area contributed by atoms with E-state index >= 15 is 0 Å². The normalized spacial score (nSPS) is 27.8. The number of nitrogens with one attached hydrogen (secondary N) is 1. The molecule has 4 atom stereocenters. The second-order valence-corrected chi connectivity index (χ2v) is 6.60. The van der Waals surface area contributed by atoms with Crippen LogP contribution >= 0.6 is 0 Å². The van der Waals surface area contributed by atoms with E-state index in [1.165, 1.54) is 0 Å². The summed E-state index contributed by atoms with van der Waals surface area (Å²) >= 11 is 0. The van der Waals surface area contributed by atoms with Gasteiger partial charge in [0.2, 0.25) is 5.91 Å². The quantitative estimate of drug-likeness (QED) is 0.412. The smallest absolute Gasteiger partial charge is 0.303 e. The molecule has 1 rings (SSSR count). The van der Waals surface area contributed by atoms with Crippen LogP contribution in [-0.2, 0) is 52.5 Å². The zero-order chi connectivity index (χ0) is 23.2. The summed E-state index contributed by atoms with van der Waals surface area (Å²) in [5.41, 5.74) is 0. The third kappa shape index (κ3) is 7.01. The zero-order valence-electron chi connectivity index (χ0n) is 17.5. The maximum atomic E-state index is 11.8. The Labute approximate surface area is 172 Å². The van der Waals surface area contributed by atoms with Gasteiger partial charge in [0.1, 0.15) is 6.04 Å². The molecule has 0 saturated heterocycles. The van der Waals surface area contributed by atoms with E-state index in [1.807, 2.05) is 0 Å². The second kappa shape index (κ2) is 10.6. The van der Waals surface area contributed by atoms with Gasteiger partial charge in [-0.15, -0.1) is 0 Å². The Balaban J connectivity index is 3.66. The van der Waals surface area contributed by atoms with E-state index < -0.39 is 72.3 Å². The van der Waals surface area contributed by atoms with Crippen LogP contribution in [0.4, 0.5) is 0 Å². The summed E-state index contributed by atoms with van der Waals surface area (Å²) in [6.07, 6.45) is -7.34. The van der Waals surface area contributed by atoms with Crippen molar-refractivity contribution in [2.75, 3.05) is 0 Å². The number of hydrogen-bond acceptors (Lipinski definition) is 11. The van der Waals surface area contributed by atoms with Gasteiger partial charge < -0.3 is 29.0 Å². The van der Waals surface area contributed by atoms with Crippen molar-refractivity contribution in [1.82, 2.24) is 5.32 Å². The highest BCUT2D eigenvalue weighted by Crippen LogP contribution is 2.33. The number of carbonyl (C=O) groups excluding carboxylic acids is 6. The molecule has 0 bridgehead atoms. The van der Waals surface area contributed by atoms with Crippen molar-refractivity contribution in [3.05, 3.63) is 0 Å². The van der Waals surface area contributed by atoms with Gasteiger partial charge in [0, 0.05) is 41.5 Å². The van der Waals surface area contributed by atoms with Crippen LogP contribution in [0.2, 0.25) is 0 Å². The lowest BCUT2D eigenvalue weighted by Crippen LogP contribution is -2.71. The van der Waals surface area contributed by atoms with Crippen molar-refractivity contribution in [3.8, 4) is 0 Å². The van der Waals surface area contributed by atoms with Crippen LogP contribution in [-0.4, -0.2) is 72.3 Å². The van der Waals surface area contributed by atoms with Crippen LogP contribution in [0.15, 0.2) is 0 Å². The molecule has 1 saturated carbocycles. The van der Waals surface area contributed by atoms with E-state index in [2.05, 4.69) is 5.32 Å². The Bertz CT molecular complexity index is 552. The predicted molar refractivity (Wildman–Crippen MR) is 95.4 cm³/mol. The average molecular weight is 431 g/mol. The summed E-state index contributed by atoms with van der Waals surface area (Å²) in [6.45, 7) is 6.45. The maximum absolute atomic E-state index is 11.8. The van der Waals surface area contributed by atoms with E-state index in [0.717, 1.165) is 41.5 Å². The monoisotopic (exact) mass is 431 g/mol. The standard InChI is InChI=1S/C18H25NO11/c1-7(20)19-13-14(26-8(2)21)16(28-10(4)23)18(30-12(6)25)17(29-11(5)24)15(13)27-9(3)22/h13-18H,1-6H3,(H,19,20)/t13?,14-,15-,16+,17+,18?/m1/s1. The zero-order valence-corrected chi connectivity index (χ0v) is 17.5. The molecule has 0 heterocycles. The fraction of sp³-hybridized carbons (Fsp3) is 0.667. The van der Waals surface area contributed by atoms with Crippen LogP contribution in [0.5, 0.6) is 0 Å². The summed E-state index contributed by atoms with van der Waals surface area (Å²) in [6, 6.07) is -1.30. The van der Waals surface area contributed by atoms with Crippen molar-refractivity contribution < 1.29 is 52.5 Å². The minimum absolute atomic E-state index is 0.608. The van der Waals surface area contributed by atoms with E-state index in [0.29, 0.717) is 0 Å². The van der Waals surface area contributed by atoms with Crippen LogP contribution in [0, 0.1) is 0 Å². The largest absolute Gasteiger partial charge is 0.456 e. The molecular weight excluding hydrogens is 406 g/mol. The Morgan fingerprint density at radius 1 is 0.467 bits per heavy atom. The molecule has 0 aliphatic heterocycles. The molecule has 1 amide bonds. The van der Waals surface area contributed by atoms with Gasteiger partial charge in [0.25, 0.3) is 0 Å². The highest BCUT2D eigenvalue weighted by Gasteiger charge is 2.59. The van der Waals surface area contributed by atoms with E-state index in [4.69, 9.17) is 23.7 Å². The maximum Gasteiger partial charge on any atom is 0.303 e. The summed E-state index contributed by atoms with van der Waals surface area (Å²) in [5, 5.41) is 2.46. The average Bonchev–Trinajstić information content (AvgIpc) is 2.55. The first-order valence-electron chi connectivity index (χ1n) is 8.96. The Kier molecular flexibility index (Phi) is 8.75. The van der Waals surface area contributed by atoms with E-state index in [9.17, 15) is 28.8 Å². The van der Waals surface area contributed by atoms with Crippen molar-refractivity contribution >= 4 is 35.8 Å². The third-order valence-electron chi connectivity index (χ3n) is 3.88. The Morgan fingerprint density at radius 3 is 0.933 bits per heavy atom. The van der Waals surface area contributed by atoms with Crippen molar-refractivity contribution in [3.63, 3.8) is 0 Å². The lowest BCUT2D eigenvalue weighted by Gasteiger charge is -2.47. The first kappa shape index (κ1) is 24.9. The minimum Gasteiger partial charge on any atom is -0.456 e. The minimum atomic E-state index is -1.51. The number of esters is 5. The fourth-order valence-electron chi connectivity index (χ4n) is 3.20. The summed E-state index contributed by atoms with van der Waals surface area (Å²) < 4.78 is 26.1. The SMILES string of the molecule is CC(=O)NC1[C@@H](OC(C)=O)[C@H](OC(C)=O)C(OC(C)=O)[C@@H](OC(C)=O)[C@@H]1OC(C)=O. The van der Waals surface area contributed by atoms with E-state index in [1.54, 1.807) is 0 Å².